The normalized spacial score (nSPS) is 19.7. The Labute approximate surface area is 134 Å². The highest BCUT2D eigenvalue weighted by atomic mass is 32.2. The molecule has 130 valence electrons. The fraction of sp³-hybridized carbons (Fsp3) is 0.750. The molecule has 1 aromatic rings. The molecule has 0 radical (unpaired) electrons. The van der Waals surface area contributed by atoms with Gasteiger partial charge in [-0.3, -0.25) is 9.36 Å². The van der Waals surface area contributed by atoms with Gasteiger partial charge in [-0.25, -0.2) is 9.89 Å². The van der Waals surface area contributed by atoms with E-state index in [0.717, 1.165) is 24.6 Å². The molecule has 0 spiro atoms. The second-order valence-corrected chi connectivity index (χ2v) is 6.46. The monoisotopic (exact) mass is 354 g/mol. The van der Waals surface area contributed by atoms with E-state index < -0.39 is 29.6 Å². The van der Waals surface area contributed by atoms with Gasteiger partial charge in [-0.05, 0) is 19.8 Å². The van der Waals surface area contributed by atoms with E-state index in [9.17, 15) is 22.8 Å². The van der Waals surface area contributed by atoms with Crippen LogP contribution in [0.4, 0.5) is 13.2 Å². The van der Waals surface area contributed by atoms with Crippen molar-refractivity contribution in [3.05, 3.63) is 10.5 Å². The highest BCUT2D eigenvalue weighted by Gasteiger charge is 2.29. The Kier molecular flexibility index (Phi) is 5.74. The summed E-state index contributed by atoms with van der Waals surface area (Å²) in [5, 5.41) is 7.33. The zero-order chi connectivity index (χ0) is 17.0. The van der Waals surface area contributed by atoms with E-state index in [-0.39, 0.29) is 11.3 Å². The molecule has 1 saturated heterocycles. The SMILES string of the molecule is CC(Sc1n[nH]c(=O)n1CC1CCCO1)C(=O)NCC(F)(F)F. The predicted molar refractivity (Wildman–Crippen MR) is 76.2 cm³/mol. The molecule has 23 heavy (non-hydrogen) atoms. The van der Waals surface area contributed by atoms with Gasteiger partial charge in [-0.15, -0.1) is 5.10 Å². The summed E-state index contributed by atoms with van der Waals surface area (Å²) in [6, 6.07) is 0. The van der Waals surface area contributed by atoms with E-state index in [1.165, 1.54) is 11.5 Å². The van der Waals surface area contributed by atoms with Crippen molar-refractivity contribution < 1.29 is 22.7 Å². The minimum absolute atomic E-state index is 0.0981. The molecule has 0 saturated carbocycles. The van der Waals surface area contributed by atoms with Gasteiger partial charge in [-0.2, -0.15) is 13.2 Å². The summed E-state index contributed by atoms with van der Waals surface area (Å²) in [5.41, 5.74) is -0.439. The molecule has 0 aromatic carbocycles. The maximum atomic E-state index is 12.1. The van der Waals surface area contributed by atoms with E-state index in [1.807, 2.05) is 5.32 Å². The molecular formula is C12H17F3N4O3S. The average Bonchev–Trinajstić information content (AvgIpc) is 3.09. The van der Waals surface area contributed by atoms with Crippen LogP contribution in [0.3, 0.4) is 0 Å². The third kappa shape index (κ3) is 5.27. The molecule has 11 heteroatoms. The number of hydrogen-bond acceptors (Lipinski definition) is 5. The van der Waals surface area contributed by atoms with Crippen LogP contribution < -0.4 is 11.0 Å². The highest BCUT2D eigenvalue weighted by Crippen LogP contribution is 2.22. The Hall–Kier alpha value is -1.49. The van der Waals surface area contributed by atoms with Crippen molar-refractivity contribution in [1.82, 2.24) is 20.1 Å². The molecular weight excluding hydrogens is 337 g/mol. The van der Waals surface area contributed by atoms with Crippen LogP contribution in [0.25, 0.3) is 0 Å². The number of nitrogens with zero attached hydrogens (tertiary/aromatic N) is 2. The van der Waals surface area contributed by atoms with Crippen LogP contribution in [0, 0.1) is 0 Å². The summed E-state index contributed by atoms with van der Waals surface area (Å²) in [4.78, 5) is 23.4. The number of H-pyrrole nitrogens is 1. The van der Waals surface area contributed by atoms with Crippen molar-refractivity contribution in [2.45, 2.75) is 49.0 Å². The van der Waals surface area contributed by atoms with Gasteiger partial charge in [0, 0.05) is 6.61 Å². The minimum atomic E-state index is -4.46. The first-order chi connectivity index (χ1) is 10.8. The number of amides is 1. The summed E-state index contributed by atoms with van der Waals surface area (Å²) in [6.45, 7) is 0.997. The topological polar surface area (TPSA) is 89.0 Å². The number of aromatic nitrogens is 3. The molecule has 0 bridgehead atoms. The van der Waals surface area contributed by atoms with Gasteiger partial charge in [-0.1, -0.05) is 11.8 Å². The molecule has 1 fully saturated rings. The zero-order valence-corrected chi connectivity index (χ0v) is 13.2. The van der Waals surface area contributed by atoms with Crippen LogP contribution in [0.5, 0.6) is 0 Å². The number of carbonyl (C=O) groups excluding carboxylic acids is 1. The van der Waals surface area contributed by atoms with Gasteiger partial charge >= 0.3 is 11.9 Å². The molecule has 1 amide bonds. The van der Waals surface area contributed by atoms with Crippen molar-refractivity contribution in [1.29, 1.82) is 0 Å². The number of nitrogens with one attached hydrogen (secondary N) is 2. The number of alkyl halides is 3. The Morgan fingerprint density at radius 3 is 2.96 bits per heavy atom. The number of ether oxygens (including phenoxy) is 1. The lowest BCUT2D eigenvalue weighted by atomic mass is 10.2. The fourth-order valence-electron chi connectivity index (χ4n) is 2.09. The van der Waals surface area contributed by atoms with Crippen LogP contribution in [0.2, 0.25) is 0 Å². The first kappa shape index (κ1) is 17.9. The lowest BCUT2D eigenvalue weighted by Gasteiger charge is -2.14. The molecule has 2 rings (SSSR count). The standard InChI is InChI=1S/C12H17F3N4O3S/c1-7(9(20)16-6-12(13,14)15)23-11-18-17-10(21)19(11)5-8-3-2-4-22-8/h7-8H,2-6H2,1H3,(H,16,20)(H,17,21). The van der Waals surface area contributed by atoms with E-state index in [0.29, 0.717) is 13.2 Å². The minimum Gasteiger partial charge on any atom is -0.376 e. The summed E-state index contributed by atoms with van der Waals surface area (Å²) in [6.07, 6.45) is -2.83. The molecule has 2 unspecified atom stereocenters. The number of carbonyl (C=O) groups is 1. The first-order valence-corrected chi connectivity index (χ1v) is 7.92. The van der Waals surface area contributed by atoms with Crippen molar-refractivity contribution in [3.8, 4) is 0 Å². The van der Waals surface area contributed by atoms with Crippen molar-refractivity contribution in [2.24, 2.45) is 0 Å². The summed E-state index contributed by atoms with van der Waals surface area (Å²) < 4.78 is 43.1. The Balaban J connectivity index is 1.96. The second-order valence-electron chi connectivity index (χ2n) is 5.15. The van der Waals surface area contributed by atoms with Gasteiger partial charge in [0.05, 0.1) is 17.9 Å². The number of halogens is 3. The third-order valence-corrected chi connectivity index (χ3v) is 4.34. The molecule has 7 nitrogen and oxygen atoms in total. The van der Waals surface area contributed by atoms with Crippen LogP contribution in [-0.2, 0) is 16.1 Å². The van der Waals surface area contributed by atoms with E-state index in [2.05, 4.69) is 10.2 Å². The lowest BCUT2D eigenvalue weighted by molar-refractivity contribution is -0.137. The quantitative estimate of drug-likeness (QED) is 0.742. The predicted octanol–water partition coefficient (Wildman–Crippen LogP) is 0.909. The Bertz CT molecular complexity index is 595. The Morgan fingerprint density at radius 2 is 2.35 bits per heavy atom. The van der Waals surface area contributed by atoms with Crippen LogP contribution in [0.15, 0.2) is 9.95 Å². The smallest absolute Gasteiger partial charge is 0.376 e. The molecule has 1 aliphatic heterocycles. The summed E-state index contributed by atoms with van der Waals surface area (Å²) >= 11 is 0.919. The Morgan fingerprint density at radius 1 is 1.61 bits per heavy atom. The maximum Gasteiger partial charge on any atom is 0.405 e. The number of hydrogen-bond donors (Lipinski definition) is 2. The first-order valence-electron chi connectivity index (χ1n) is 7.04. The van der Waals surface area contributed by atoms with Crippen LogP contribution >= 0.6 is 11.8 Å². The largest absolute Gasteiger partial charge is 0.405 e. The lowest BCUT2D eigenvalue weighted by Crippen LogP contribution is -2.38. The third-order valence-electron chi connectivity index (χ3n) is 3.25. The van der Waals surface area contributed by atoms with E-state index in [4.69, 9.17) is 4.74 Å². The van der Waals surface area contributed by atoms with Gasteiger partial charge in [0.2, 0.25) is 5.91 Å². The molecule has 2 atom stereocenters. The molecule has 0 aliphatic carbocycles. The average molecular weight is 354 g/mol. The number of aromatic amines is 1. The second kappa shape index (κ2) is 7.39. The maximum absolute atomic E-state index is 12.1. The van der Waals surface area contributed by atoms with E-state index >= 15 is 0 Å². The van der Waals surface area contributed by atoms with Crippen molar-refractivity contribution >= 4 is 17.7 Å². The van der Waals surface area contributed by atoms with E-state index in [1.54, 1.807) is 0 Å². The van der Waals surface area contributed by atoms with Crippen molar-refractivity contribution in [3.63, 3.8) is 0 Å². The van der Waals surface area contributed by atoms with Crippen LogP contribution in [-0.4, -0.2) is 51.4 Å². The molecule has 2 N–H and O–H groups in total. The molecule has 1 aromatic heterocycles. The number of thioether (sulfide) groups is 1. The van der Waals surface area contributed by atoms with Gasteiger partial charge in [0.1, 0.15) is 6.54 Å². The molecule has 1 aliphatic rings. The summed E-state index contributed by atoms with van der Waals surface area (Å²) in [5.74, 6) is -0.772. The zero-order valence-electron chi connectivity index (χ0n) is 12.4. The van der Waals surface area contributed by atoms with Crippen LogP contribution in [0.1, 0.15) is 19.8 Å². The van der Waals surface area contributed by atoms with Gasteiger partial charge in [0.15, 0.2) is 5.16 Å². The van der Waals surface area contributed by atoms with Gasteiger partial charge < -0.3 is 10.1 Å². The van der Waals surface area contributed by atoms with Gasteiger partial charge in [0.25, 0.3) is 0 Å². The fourth-order valence-corrected chi connectivity index (χ4v) is 2.98. The molecule has 2 heterocycles. The summed E-state index contributed by atoms with van der Waals surface area (Å²) in [7, 11) is 0. The van der Waals surface area contributed by atoms with Crippen molar-refractivity contribution in [2.75, 3.05) is 13.2 Å². The highest BCUT2D eigenvalue weighted by molar-refractivity contribution is 8.00. The number of rotatable bonds is 6.